The molecule has 2 aromatic carbocycles. The molecule has 5 rings (SSSR count). The zero-order chi connectivity index (χ0) is 39.4. The Morgan fingerprint density at radius 3 is 2.46 bits per heavy atom. The van der Waals surface area contributed by atoms with Crippen LogP contribution in [0.3, 0.4) is 0 Å². The summed E-state index contributed by atoms with van der Waals surface area (Å²) in [6.07, 6.45) is 12.7. The summed E-state index contributed by atoms with van der Waals surface area (Å²) in [5.41, 5.74) is 16.1. The van der Waals surface area contributed by atoms with Crippen LogP contribution in [-0.4, -0.2) is 97.7 Å². The van der Waals surface area contributed by atoms with Gasteiger partial charge in [-0.15, -0.1) is 0 Å². The van der Waals surface area contributed by atoms with Crippen molar-refractivity contribution in [1.82, 2.24) is 36.1 Å². The minimum absolute atomic E-state index is 0.00338. The van der Waals surface area contributed by atoms with Gasteiger partial charge in [0.15, 0.2) is 0 Å². The van der Waals surface area contributed by atoms with Gasteiger partial charge in [0, 0.05) is 56.3 Å². The van der Waals surface area contributed by atoms with Gasteiger partial charge in [-0.05, 0) is 94.4 Å². The molecule has 2 aliphatic rings. The lowest BCUT2D eigenvalue weighted by Crippen LogP contribution is -2.44. The Labute approximate surface area is 331 Å². The fourth-order valence-electron chi connectivity index (χ4n) is 7.11. The number of benzene rings is 2. The van der Waals surface area contributed by atoms with Gasteiger partial charge in [0.05, 0.1) is 30.9 Å². The molecule has 1 aliphatic heterocycles. The van der Waals surface area contributed by atoms with E-state index < -0.39 is 6.04 Å². The van der Waals surface area contributed by atoms with Gasteiger partial charge < -0.3 is 47.3 Å². The Morgan fingerprint density at radius 1 is 0.964 bits per heavy atom. The van der Waals surface area contributed by atoms with Crippen LogP contribution in [0.5, 0.6) is 5.75 Å². The van der Waals surface area contributed by atoms with Crippen LogP contribution in [0.25, 0.3) is 10.9 Å². The first-order valence-electron chi connectivity index (χ1n) is 20.4. The van der Waals surface area contributed by atoms with Crippen LogP contribution >= 0.6 is 0 Å². The number of carbonyl (C=O) groups is 2. The second-order valence-electron chi connectivity index (χ2n) is 14.7. The van der Waals surface area contributed by atoms with E-state index in [2.05, 4.69) is 37.0 Å². The van der Waals surface area contributed by atoms with E-state index in [-0.39, 0.29) is 30.7 Å². The molecule has 304 valence electrons. The summed E-state index contributed by atoms with van der Waals surface area (Å²) in [5, 5.41) is 24.8. The fraction of sp³-hybridized carbons (Fsp3) is 0.561. The maximum atomic E-state index is 13.0. The number of hydrogen-bond acceptors (Lipinski definition) is 13. The number of nitrogens with two attached hydrogens (primary N) is 1. The van der Waals surface area contributed by atoms with Gasteiger partial charge in [0.2, 0.25) is 17.8 Å². The number of hydrogen-bond donors (Lipinski definition) is 8. The van der Waals surface area contributed by atoms with Crippen LogP contribution in [0.2, 0.25) is 0 Å². The van der Waals surface area contributed by atoms with Gasteiger partial charge in [0.1, 0.15) is 11.6 Å². The molecule has 15 nitrogen and oxygen atoms in total. The number of aromatic nitrogens is 2. The first-order chi connectivity index (χ1) is 27.4. The van der Waals surface area contributed by atoms with Crippen LogP contribution in [0.15, 0.2) is 65.5 Å². The molecule has 2 amide bonds. The third kappa shape index (κ3) is 14.0. The molecule has 0 radical (unpaired) electrons. The standard InChI is InChI=1S/C41H62N12O3/c1-56-34-15-13-30(14-16-34)27-47-40(55)36(42)17-18-38(54)53-25-19-32(20-26-53)49-39-35-11-5-6-12-37(35)50-41(51-39)48-29-33(52-43)28-45-23-7-21-44-22-8-24-46-31-9-3-2-4-10-31/h5-6,11-16,28,31-32,36,43-46H,2-4,7-10,17-27,29,42H2,1H3,(H,47,55)(H2,48,49,50,51)/b33-28-,52-43?/t36-/m0/s1. The number of nitrogens with one attached hydrogen (secondary N) is 7. The van der Waals surface area contributed by atoms with Crippen molar-refractivity contribution >= 4 is 34.5 Å². The molecule has 0 spiro atoms. The zero-order valence-corrected chi connectivity index (χ0v) is 33.0. The number of amides is 2. The molecule has 2 fully saturated rings. The molecule has 15 heteroatoms. The number of fused-ring (bicyclic) bond motifs is 1. The van der Waals surface area contributed by atoms with Gasteiger partial charge in [-0.3, -0.25) is 9.59 Å². The van der Waals surface area contributed by atoms with Crippen molar-refractivity contribution in [3.05, 3.63) is 66.0 Å². The summed E-state index contributed by atoms with van der Waals surface area (Å²) in [5.74, 6) is 1.64. The lowest BCUT2D eigenvalue weighted by atomic mass is 9.95. The van der Waals surface area contributed by atoms with Crippen molar-refractivity contribution in [3.63, 3.8) is 0 Å². The SMILES string of the molecule is COc1ccc(CNC(=O)[C@@H](N)CCC(=O)N2CCC(Nc3nc(NC/C(=C/NCCCNCCCNC4CCCCC4)N=N)nc4ccccc34)CC2)cc1. The molecule has 2 heterocycles. The molecular weight excluding hydrogens is 709 g/mol. The summed E-state index contributed by atoms with van der Waals surface area (Å²) in [6, 6.07) is 15.4. The Bertz CT molecular complexity index is 1690. The van der Waals surface area contributed by atoms with Crippen molar-refractivity contribution in [3.8, 4) is 5.75 Å². The fourth-order valence-corrected chi connectivity index (χ4v) is 7.11. The smallest absolute Gasteiger partial charge is 0.237 e. The molecule has 1 saturated heterocycles. The first-order valence-corrected chi connectivity index (χ1v) is 20.4. The van der Waals surface area contributed by atoms with Crippen molar-refractivity contribution < 1.29 is 14.3 Å². The van der Waals surface area contributed by atoms with E-state index in [0.717, 1.165) is 85.9 Å². The monoisotopic (exact) mass is 771 g/mol. The Balaban J connectivity index is 0.996. The van der Waals surface area contributed by atoms with Crippen LogP contribution in [0.4, 0.5) is 11.8 Å². The molecule has 3 aromatic rings. The number of anilines is 2. The number of rotatable bonds is 23. The highest BCUT2D eigenvalue weighted by atomic mass is 16.5. The number of para-hydroxylation sites is 1. The van der Waals surface area contributed by atoms with Gasteiger partial charge in [-0.25, -0.2) is 10.5 Å². The van der Waals surface area contributed by atoms with Crippen LogP contribution in [0.1, 0.15) is 76.2 Å². The van der Waals surface area contributed by atoms with E-state index in [1.54, 1.807) is 13.3 Å². The molecular formula is C41H62N12O3. The molecule has 0 bridgehead atoms. The average Bonchev–Trinajstić information content (AvgIpc) is 3.24. The number of nitrogens with zero attached hydrogens (tertiary/aromatic N) is 4. The van der Waals surface area contributed by atoms with Gasteiger partial charge in [-0.1, -0.05) is 43.5 Å². The number of ether oxygens (including phenoxy) is 1. The molecule has 1 aliphatic carbocycles. The second-order valence-corrected chi connectivity index (χ2v) is 14.7. The third-order valence-electron chi connectivity index (χ3n) is 10.5. The second kappa shape index (κ2) is 23.3. The van der Waals surface area contributed by atoms with Crippen LogP contribution in [0, 0.1) is 5.53 Å². The quantitative estimate of drug-likeness (QED) is 0.0493. The maximum absolute atomic E-state index is 13.0. The lowest BCUT2D eigenvalue weighted by molar-refractivity contribution is -0.132. The number of likely N-dealkylation sites (tertiary alicyclic amines) is 1. The molecule has 0 unspecified atom stereocenters. The van der Waals surface area contributed by atoms with E-state index in [4.69, 9.17) is 26.0 Å². The van der Waals surface area contributed by atoms with Crippen LogP contribution in [-0.2, 0) is 16.1 Å². The third-order valence-corrected chi connectivity index (χ3v) is 10.5. The maximum Gasteiger partial charge on any atom is 0.237 e. The lowest BCUT2D eigenvalue weighted by Gasteiger charge is -2.33. The van der Waals surface area contributed by atoms with Crippen molar-refractivity contribution in [2.45, 2.75) is 95.3 Å². The largest absolute Gasteiger partial charge is 0.497 e. The van der Waals surface area contributed by atoms with E-state index in [1.165, 1.54) is 32.1 Å². The molecule has 9 N–H and O–H groups in total. The summed E-state index contributed by atoms with van der Waals surface area (Å²) in [4.78, 5) is 37.0. The predicted octanol–water partition coefficient (Wildman–Crippen LogP) is 4.63. The topological polar surface area (TPSA) is 207 Å². The van der Waals surface area contributed by atoms with Crippen LogP contribution < -0.4 is 42.4 Å². The molecule has 56 heavy (non-hydrogen) atoms. The number of methoxy groups -OCH3 is 1. The summed E-state index contributed by atoms with van der Waals surface area (Å²) in [7, 11) is 1.61. The highest BCUT2D eigenvalue weighted by molar-refractivity contribution is 5.90. The van der Waals surface area contributed by atoms with Crippen molar-refractivity contribution in [2.75, 3.05) is 63.6 Å². The summed E-state index contributed by atoms with van der Waals surface area (Å²) >= 11 is 0. The summed E-state index contributed by atoms with van der Waals surface area (Å²) < 4.78 is 5.17. The Kier molecular flexibility index (Phi) is 17.6. The predicted molar refractivity (Wildman–Crippen MR) is 222 cm³/mol. The van der Waals surface area contributed by atoms with Gasteiger partial charge in [0.25, 0.3) is 0 Å². The molecule has 1 saturated carbocycles. The molecule has 1 atom stereocenters. The summed E-state index contributed by atoms with van der Waals surface area (Å²) in [6.45, 7) is 5.68. The minimum atomic E-state index is -0.761. The van der Waals surface area contributed by atoms with Crippen molar-refractivity contribution in [1.29, 1.82) is 5.53 Å². The number of carbonyl (C=O) groups excluding carboxylic acids is 2. The van der Waals surface area contributed by atoms with E-state index in [9.17, 15) is 9.59 Å². The van der Waals surface area contributed by atoms with E-state index in [1.807, 2.05) is 53.4 Å². The van der Waals surface area contributed by atoms with E-state index in [0.29, 0.717) is 37.8 Å². The highest BCUT2D eigenvalue weighted by Gasteiger charge is 2.25. The first kappa shape index (κ1) is 42.3. The average molecular weight is 771 g/mol. The van der Waals surface area contributed by atoms with E-state index >= 15 is 0 Å². The van der Waals surface area contributed by atoms with Gasteiger partial charge >= 0.3 is 0 Å². The number of piperidine rings is 1. The Morgan fingerprint density at radius 2 is 1.71 bits per heavy atom. The molecule has 1 aromatic heterocycles. The minimum Gasteiger partial charge on any atom is -0.497 e. The highest BCUT2D eigenvalue weighted by Crippen LogP contribution is 2.25. The normalized spacial score (nSPS) is 16.0. The Hall–Kier alpha value is -4.86. The zero-order valence-electron chi connectivity index (χ0n) is 33.0. The van der Waals surface area contributed by atoms with Gasteiger partial charge in [-0.2, -0.15) is 10.1 Å². The van der Waals surface area contributed by atoms with Crippen molar-refractivity contribution in [2.24, 2.45) is 10.8 Å².